The number of nitriles is 4. The average Bonchev–Trinajstić information content (AvgIpc) is 4.25. The first kappa shape index (κ1) is 44.1. The Balaban J connectivity index is 1.11. The zero-order chi connectivity index (χ0) is 52.2. The van der Waals surface area contributed by atoms with E-state index in [0.29, 0.717) is 11.1 Å². The predicted octanol–water partition coefficient (Wildman–Crippen LogP) is 16.9. The summed E-state index contributed by atoms with van der Waals surface area (Å²) in [6, 6.07) is 88.3. The van der Waals surface area contributed by atoms with E-state index in [1.807, 2.05) is 48.5 Å². The molecule has 358 valence electrons. The molecule has 0 saturated heterocycles. The lowest BCUT2D eigenvalue weighted by Gasteiger charge is -2.20. The summed E-state index contributed by atoms with van der Waals surface area (Å²) < 4.78 is 9.14. The zero-order valence-corrected chi connectivity index (χ0v) is 41.5. The molecule has 8 heteroatoms. The van der Waals surface area contributed by atoms with Gasteiger partial charge in [0.2, 0.25) is 0 Å². The van der Waals surface area contributed by atoms with Crippen molar-refractivity contribution < 1.29 is 0 Å². The van der Waals surface area contributed by atoms with Crippen molar-refractivity contribution in [3.63, 3.8) is 0 Å². The van der Waals surface area contributed by atoms with Crippen molar-refractivity contribution >= 4 is 87.2 Å². The summed E-state index contributed by atoms with van der Waals surface area (Å²) in [5, 5.41) is 52.0. The zero-order valence-electron chi connectivity index (χ0n) is 41.5. The molecule has 0 radical (unpaired) electrons. The summed E-state index contributed by atoms with van der Waals surface area (Å²) in [4.78, 5) is 0. The predicted molar refractivity (Wildman–Crippen MR) is 314 cm³/mol. The molecule has 0 spiro atoms. The molecule has 15 aromatic rings. The highest BCUT2D eigenvalue weighted by molar-refractivity contribution is 6.33. The Labute approximate surface area is 446 Å². The average molecular weight is 991 g/mol. The van der Waals surface area contributed by atoms with Crippen molar-refractivity contribution in [1.82, 2.24) is 18.3 Å². The van der Waals surface area contributed by atoms with E-state index in [2.05, 4.69) is 212 Å². The number of hydrogen-bond acceptors (Lipinski definition) is 4. The number of rotatable bonds is 6. The van der Waals surface area contributed by atoms with Crippen LogP contribution in [0.4, 0.5) is 0 Å². The monoisotopic (exact) mass is 990 g/mol. The third-order valence-corrected chi connectivity index (χ3v) is 15.7. The summed E-state index contributed by atoms with van der Waals surface area (Å²) in [5.41, 5.74) is 15.2. The fraction of sp³-hybridized carbons (Fsp3) is 0. The molecule has 0 bridgehead atoms. The van der Waals surface area contributed by atoms with Crippen LogP contribution in [0.3, 0.4) is 0 Å². The molecule has 11 aromatic carbocycles. The normalized spacial score (nSPS) is 11.5. The third-order valence-electron chi connectivity index (χ3n) is 15.7. The van der Waals surface area contributed by atoms with Gasteiger partial charge in [0.05, 0.1) is 66.4 Å². The minimum Gasteiger partial charge on any atom is -0.309 e. The Bertz CT molecular complexity index is 4810. The number of nitrogens with zero attached hydrogens (tertiary/aromatic N) is 8. The molecule has 0 atom stereocenters. The van der Waals surface area contributed by atoms with Crippen LogP contribution in [0.5, 0.6) is 0 Å². The summed E-state index contributed by atoms with van der Waals surface area (Å²) in [7, 11) is 0. The molecular weight excluding hydrogens is 953 g/mol. The molecule has 0 saturated carbocycles. The van der Waals surface area contributed by atoms with Crippen molar-refractivity contribution in [2.75, 3.05) is 0 Å². The number of aromatic nitrogens is 4. The first-order valence-electron chi connectivity index (χ1n) is 25.7. The lowest BCUT2D eigenvalue weighted by molar-refractivity contribution is 1.14. The lowest BCUT2D eigenvalue weighted by Crippen LogP contribution is -2.02. The third kappa shape index (κ3) is 6.12. The van der Waals surface area contributed by atoms with E-state index in [4.69, 9.17) is 0 Å². The van der Waals surface area contributed by atoms with Gasteiger partial charge < -0.3 is 18.3 Å². The van der Waals surface area contributed by atoms with E-state index in [0.717, 1.165) is 99.6 Å². The lowest BCUT2D eigenvalue weighted by atomic mass is 9.86. The van der Waals surface area contributed by atoms with E-state index < -0.39 is 0 Å². The van der Waals surface area contributed by atoms with Gasteiger partial charge in [0.1, 0.15) is 24.3 Å². The van der Waals surface area contributed by atoms with Crippen LogP contribution < -0.4 is 0 Å². The summed E-state index contributed by atoms with van der Waals surface area (Å²) in [6.45, 7) is 0. The van der Waals surface area contributed by atoms with Crippen LogP contribution in [0, 0.1) is 45.3 Å². The smallest absolute Gasteiger partial charge is 0.101 e. The van der Waals surface area contributed by atoms with E-state index in [1.54, 1.807) is 12.1 Å². The van der Waals surface area contributed by atoms with Crippen molar-refractivity contribution in [1.29, 1.82) is 21.0 Å². The van der Waals surface area contributed by atoms with Crippen molar-refractivity contribution in [2.45, 2.75) is 0 Å². The minimum atomic E-state index is 0.255. The fourth-order valence-corrected chi connectivity index (χ4v) is 12.6. The maximum absolute atomic E-state index is 11.2. The number of benzene rings is 11. The van der Waals surface area contributed by atoms with Crippen LogP contribution in [0.1, 0.15) is 22.3 Å². The summed E-state index contributed by atoms with van der Waals surface area (Å²) in [5.74, 6) is 0. The second kappa shape index (κ2) is 17.1. The van der Waals surface area contributed by atoms with E-state index in [9.17, 15) is 21.0 Å². The van der Waals surface area contributed by atoms with Crippen molar-refractivity contribution in [3.05, 3.63) is 253 Å². The van der Waals surface area contributed by atoms with Gasteiger partial charge >= 0.3 is 0 Å². The molecule has 0 unspecified atom stereocenters. The van der Waals surface area contributed by atoms with Gasteiger partial charge in [-0.25, -0.2) is 0 Å². The molecule has 0 amide bonds. The Kier molecular flexibility index (Phi) is 9.65. The molecule has 8 nitrogen and oxygen atoms in total. The van der Waals surface area contributed by atoms with Crippen LogP contribution in [-0.4, -0.2) is 18.3 Å². The Morgan fingerprint density at radius 3 is 0.808 bits per heavy atom. The van der Waals surface area contributed by atoms with Gasteiger partial charge in [-0.1, -0.05) is 133 Å². The number of hydrogen-bond donors (Lipinski definition) is 0. The maximum atomic E-state index is 11.2. The second-order valence-electron chi connectivity index (χ2n) is 19.6. The van der Waals surface area contributed by atoms with Gasteiger partial charge in [-0.05, 0) is 97.1 Å². The molecule has 15 rings (SSSR count). The first-order valence-corrected chi connectivity index (χ1v) is 25.7. The van der Waals surface area contributed by atoms with Gasteiger partial charge in [-0.2, -0.15) is 21.0 Å². The van der Waals surface area contributed by atoms with Crippen LogP contribution in [-0.2, 0) is 0 Å². The molecule has 78 heavy (non-hydrogen) atoms. The standard InChI is InChI=1S/C70H38N8/c71-39-43-15-13-23-53(57(43)41-73)65-68-56-22-6-12-30-64(56)78(48-37-33-46(34-38-48)76-61-27-9-3-19-51(61)52-20-4-10-28-62(52)76)70(68)66(54-24-14-16-44(40-72)58(54)42-74)67-55-21-5-11-29-63(55)77(69(65)67)47-35-31-45(32-36-47)75-59-25-7-1-17-49(59)50-18-2-8-26-60(50)75/h1-38H. The van der Waals surface area contributed by atoms with Gasteiger partial charge in [-0.3, -0.25) is 0 Å². The van der Waals surface area contributed by atoms with Gasteiger partial charge in [0, 0.05) is 88.1 Å². The fourth-order valence-electron chi connectivity index (χ4n) is 12.6. The Hall–Kier alpha value is -11.4. The number of fused-ring (bicyclic) bond motifs is 12. The van der Waals surface area contributed by atoms with E-state index in [1.165, 1.54) is 21.5 Å². The molecule has 0 fully saturated rings. The molecule has 0 aliphatic carbocycles. The SMILES string of the molecule is N#Cc1cccc(-c2c3c4ccccc4n(-c4ccc(-n5c6ccccc6c6ccccc65)cc4)c3c(-c3cccc(C#N)c3C#N)c3c4ccccc4n(-c4ccc(-n5c6ccccc6c6ccccc65)cc4)c23)c1C#N. The van der Waals surface area contributed by atoms with Crippen LogP contribution in [0.15, 0.2) is 231 Å². The van der Waals surface area contributed by atoms with Gasteiger partial charge in [0.15, 0.2) is 0 Å². The Morgan fingerprint density at radius 1 is 0.244 bits per heavy atom. The van der Waals surface area contributed by atoms with Crippen LogP contribution >= 0.6 is 0 Å². The number of para-hydroxylation sites is 6. The molecule has 4 aromatic heterocycles. The minimum absolute atomic E-state index is 0.255. The highest BCUT2D eigenvalue weighted by Crippen LogP contribution is 2.53. The van der Waals surface area contributed by atoms with Crippen LogP contribution in [0.2, 0.25) is 0 Å². The highest BCUT2D eigenvalue weighted by Gasteiger charge is 2.31. The Morgan fingerprint density at radius 2 is 0.513 bits per heavy atom. The van der Waals surface area contributed by atoms with E-state index in [-0.39, 0.29) is 22.3 Å². The molecule has 0 N–H and O–H groups in total. The first-order chi connectivity index (χ1) is 38.6. The second-order valence-corrected chi connectivity index (χ2v) is 19.6. The largest absolute Gasteiger partial charge is 0.309 e. The topological polar surface area (TPSA) is 115 Å². The van der Waals surface area contributed by atoms with Gasteiger partial charge in [-0.15, -0.1) is 0 Å². The summed E-state index contributed by atoms with van der Waals surface area (Å²) >= 11 is 0. The van der Waals surface area contributed by atoms with Gasteiger partial charge in [0.25, 0.3) is 0 Å². The van der Waals surface area contributed by atoms with E-state index >= 15 is 0 Å². The quantitative estimate of drug-likeness (QED) is 0.165. The molecular formula is C70H38N8. The van der Waals surface area contributed by atoms with Crippen LogP contribution in [0.25, 0.3) is 132 Å². The highest BCUT2D eigenvalue weighted by atomic mass is 15.0. The molecule has 0 aliphatic heterocycles. The molecule has 4 heterocycles. The maximum Gasteiger partial charge on any atom is 0.101 e. The van der Waals surface area contributed by atoms with Crippen molar-refractivity contribution in [3.8, 4) is 69.3 Å². The summed E-state index contributed by atoms with van der Waals surface area (Å²) in [6.07, 6.45) is 0. The molecule has 0 aliphatic rings. The van der Waals surface area contributed by atoms with Crippen molar-refractivity contribution in [2.24, 2.45) is 0 Å².